The van der Waals surface area contributed by atoms with Gasteiger partial charge in [0.15, 0.2) is 9.52 Å². The highest BCUT2D eigenvalue weighted by atomic mass is 79.9. The molecule has 0 saturated carbocycles. The molecule has 0 aliphatic heterocycles. The topological polar surface area (TPSA) is 35.5 Å². The van der Waals surface area contributed by atoms with Crippen LogP contribution in [0.2, 0.25) is 0 Å². The van der Waals surface area contributed by atoms with Crippen molar-refractivity contribution in [3.8, 4) is 11.5 Å². The molecule has 0 aliphatic carbocycles. The Bertz CT molecular complexity index is 364. The van der Waals surface area contributed by atoms with E-state index in [9.17, 15) is 4.79 Å². The van der Waals surface area contributed by atoms with Crippen LogP contribution in [0.3, 0.4) is 0 Å². The van der Waals surface area contributed by atoms with Crippen molar-refractivity contribution in [2.75, 3.05) is 14.2 Å². The van der Waals surface area contributed by atoms with E-state index in [2.05, 4.69) is 31.9 Å². The van der Waals surface area contributed by atoms with Gasteiger partial charge in [0.1, 0.15) is 11.5 Å². The number of rotatable bonds is 4. The van der Waals surface area contributed by atoms with Crippen LogP contribution in [0.25, 0.3) is 0 Å². The van der Waals surface area contributed by atoms with Crippen LogP contribution < -0.4 is 9.47 Å². The Kier molecular flexibility index (Phi) is 4.16. The van der Waals surface area contributed by atoms with E-state index in [1.54, 1.807) is 32.4 Å². The van der Waals surface area contributed by atoms with Gasteiger partial charge in [0.05, 0.1) is 14.2 Å². The molecule has 1 aromatic carbocycles. The summed E-state index contributed by atoms with van der Waals surface area (Å²) in [7, 11) is 3.11. The molecule has 0 unspecified atom stereocenters. The van der Waals surface area contributed by atoms with Crippen molar-refractivity contribution < 1.29 is 14.3 Å². The molecule has 82 valence electrons. The fraction of sp³-hybridized carbons (Fsp3) is 0.300. The SMILES string of the molecule is COc1ccc(OC)c(C(Br)(Br)C=O)c1. The molecular weight excluding hydrogens is 328 g/mol. The zero-order valence-corrected chi connectivity index (χ0v) is 11.5. The predicted octanol–water partition coefficient (Wildman–Crippen LogP) is 2.85. The maximum atomic E-state index is 10.9. The lowest BCUT2D eigenvalue weighted by Crippen LogP contribution is -2.12. The van der Waals surface area contributed by atoms with Gasteiger partial charge in [-0.2, -0.15) is 0 Å². The number of alkyl halides is 2. The number of aldehydes is 1. The number of carbonyl (C=O) groups is 1. The Morgan fingerprint density at radius 1 is 1.27 bits per heavy atom. The van der Waals surface area contributed by atoms with Gasteiger partial charge < -0.3 is 14.3 Å². The second-order valence-corrected chi connectivity index (χ2v) is 6.37. The molecule has 0 atom stereocenters. The van der Waals surface area contributed by atoms with E-state index >= 15 is 0 Å². The van der Waals surface area contributed by atoms with Crippen LogP contribution in [-0.4, -0.2) is 20.5 Å². The van der Waals surface area contributed by atoms with E-state index in [4.69, 9.17) is 9.47 Å². The van der Waals surface area contributed by atoms with E-state index in [-0.39, 0.29) is 0 Å². The molecule has 0 bridgehead atoms. The molecule has 15 heavy (non-hydrogen) atoms. The number of benzene rings is 1. The largest absolute Gasteiger partial charge is 0.497 e. The first-order valence-corrected chi connectivity index (χ1v) is 5.70. The fourth-order valence-corrected chi connectivity index (χ4v) is 1.76. The van der Waals surface area contributed by atoms with Crippen LogP contribution in [0.1, 0.15) is 5.56 Å². The molecular formula is C10H10Br2O3. The summed E-state index contributed by atoms with van der Waals surface area (Å²) >= 11 is 6.51. The molecule has 0 N–H and O–H groups in total. The lowest BCUT2D eigenvalue weighted by Gasteiger charge is -2.17. The highest BCUT2D eigenvalue weighted by Crippen LogP contribution is 2.42. The minimum atomic E-state index is -0.945. The van der Waals surface area contributed by atoms with Gasteiger partial charge in [-0.1, -0.05) is 31.9 Å². The number of ether oxygens (including phenoxy) is 2. The number of hydrogen-bond acceptors (Lipinski definition) is 3. The van der Waals surface area contributed by atoms with Crippen LogP contribution in [0.5, 0.6) is 11.5 Å². The Morgan fingerprint density at radius 3 is 2.40 bits per heavy atom. The number of hydrogen-bond donors (Lipinski definition) is 0. The quantitative estimate of drug-likeness (QED) is 0.626. The van der Waals surface area contributed by atoms with Crippen LogP contribution in [0.15, 0.2) is 18.2 Å². The number of methoxy groups -OCH3 is 2. The van der Waals surface area contributed by atoms with Crippen molar-refractivity contribution >= 4 is 38.1 Å². The van der Waals surface area contributed by atoms with Crippen molar-refractivity contribution in [2.24, 2.45) is 0 Å². The maximum Gasteiger partial charge on any atom is 0.164 e. The zero-order chi connectivity index (χ0) is 11.5. The van der Waals surface area contributed by atoms with Crippen molar-refractivity contribution in [3.63, 3.8) is 0 Å². The van der Waals surface area contributed by atoms with Crippen LogP contribution in [0, 0.1) is 0 Å². The van der Waals surface area contributed by atoms with Crippen LogP contribution in [0.4, 0.5) is 0 Å². The molecule has 0 aliphatic rings. The zero-order valence-electron chi connectivity index (χ0n) is 8.29. The van der Waals surface area contributed by atoms with Gasteiger partial charge >= 0.3 is 0 Å². The van der Waals surface area contributed by atoms with Gasteiger partial charge in [-0.3, -0.25) is 0 Å². The van der Waals surface area contributed by atoms with Crippen molar-refractivity contribution in [2.45, 2.75) is 3.23 Å². The summed E-state index contributed by atoms with van der Waals surface area (Å²) in [6.45, 7) is 0. The van der Waals surface area contributed by atoms with Gasteiger partial charge in [-0.25, -0.2) is 0 Å². The van der Waals surface area contributed by atoms with Crippen LogP contribution in [-0.2, 0) is 8.03 Å². The average Bonchev–Trinajstić information content (AvgIpc) is 2.28. The summed E-state index contributed by atoms with van der Waals surface area (Å²) in [6.07, 6.45) is 0.740. The van der Waals surface area contributed by atoms with E-state index in [0.717, 1.165) is 6.29 Å². The number of carbonyl (C=O) groups excluding carboxylic acids is 1. The Hall–Kier alpha value is -0.550. The lowest BCUT2D eigenvalue weighted by molar-refractivity contribution is -0.107. The third kappa shape index (κ3) is 2.72. The first-order chi connectivity index (χ1) is 7.05. The van der Waals surface area contributed by atoms with Crippen molar-refractivity contribution in [3.05, 3.63) is 23.8 Å². The normalized spacial score (nSPS) is 10.9. The first-order valence-electron chi connectivity index (χ1n) is 4.12. The van der Waals surface area contributed by atoms with Gasteiger partial charge in [-0.05, 0) is 18.2 Å². The smallest absolute Gasteiger partial charge is 0.164 e. The van der Waals surface area contributed by atoms with Gasteiger partial charge in [0.25, 0.3) is 0 Å². The summed E-state index contributed by atoms with van der Waals surface area (Å²) < 4.78 is 9.29. The van der Waals surface area contributed by atoms with Gasteiger partial charge in [0, 0.05) is 5.56 Å². The lowest BCUT2D eigenvalue weighted by atomic mass is 10.1. The molecule has 3 nitrogen and oxygen atoms in total. The molecule has 0 radical (unpaired) electrons. The summed E-state index contributed by atoms with van der Waals surface area (Å²) in [5, 5.41) is 0. The summed E-state index contributed by atoms with van der Waals surface area (Å²) in [5.74, 6) is 1.27. The molecule has 0 fully saturated rings. The minimum Gasteiger partial charge on any atom is -0.497 e. The summed E-state index contributed by atoms with van der Waals surface area (Å²) in [6, 6.07) is 5.24. The first kappa shape index (κ1) is 12.5. The average molecular weight is 338 g/mol. The van der Waals surface area contributed by atoms with E-state index < -0.39 is 3.23 Å². The Labute approximate surface area is 105 Å². The summed E-state index contributed by atoms with van der Waals surface area (Å²) in [4.78, 5) is 10.9. The van der Waals surface area contributed by atoms with E-state index in [1.807, 2.05) is 0 Å². The molecule has 1 aromatic rings. The van der Waals surface area contributed by atoms with Crippen molar-refractivity contribution in [1.82, 2.24) is 0 Å². The predicted molar refractivity (Wildman–Crippen MR) is 65.1 cm³/mol. The Morgan fingerprint density at radius 2 is 1.93 bits per heavy atom. The van der Waals surface area contributed by atoms with Crippen LogP contribution >= 0.6 is 31.9 Å². The van der Waals surface area contributed by atoms with E-state index in [1.165, 1.54) is 0 Å². The maximum absolute atomic E-state index is 10.9. The molecule has 0 spiro atoms. The highest BCUT2D eigenvalue weighted by Gasteiger charge is 2.28. The second kappa shape index (κ2) is 4.99. The third-order valence-corrected chi connectivity index (χ3v) is 3.14. The Balaban J connectivity index is 3.29. The highest BCUT2D eigenvalue weighted by molar-refractivity contribution is 9.25. The molecule has 1 rings (SSSR count). The standard InChI is InChI=1S/C10H10Br2O3/c1-14-7-3-4-9(15-2)8(5-7)10(11,12)6-13/h3-6H,1-2H3. The van der Waals surface area contributed by atoms with Gasteiger partial charge in [0.2, 0.25) is 0 Å². The molecule has 0 heterocycles. The molecule has 0 amide bonds. The summed E-state index contributed by atoms with van der Waals surface area (Å²) in [5.41, 5.74) is 0.666. The molecule has 0 aromatic heterocycles. The second-order valence-electron chi connectivity index (χ2n) is 2.81. The van der Waals surface area contributed by atoms with E-state index in [0.29, 0.717) is 17.1 Å². The third-order valence-electron chi connectivity index (χ3n) is 1.91. The molecule has 0 saturated heterocycles. The monoisotopic (exact) mass is 336 g/mol. The number of halogens is 2. The molecule has 5 heteroatoms. The van der Waals surface area contributed by atoms with Crippen molar-refractivity contribution in [1.29, 1.82) is 0 Å². The fourth-order valence-electron chi connectivity index (χ4n) is 1.14. The minimum absolute atomic E-state index is 0.608. The van der Waals surface area contributed by atoms with Gasteiger partial charge in [-0.15, -0.1) is 0 Å².